The van der Waals surface area contributed by atoms with Crippen LogP contribution in [0.1, 0.15) is 5.56 Å². The quantitative estimate of drug-likeness (QED) is 0.814. The zero-order valence-electron chi connectivity index (χ0n) is 14.3. The molecule has 2 rings (SSSR count). The van der Waals surface area contributed by atoms with Crippen molar-refractivity contribution in [1.82, 2.24) is 4.90 Å². The van der Waals surface area contributed by atoms with Crippen LogP contribution in [0.25, 0.3) is 0 Å². The molecule has 2 aromatic rings. The first kappa shape index (κ1) is 19.0. The van der Waals surface area contributed by atoms with Crippen molar-refractivity contribution in [3.05, 3.63) is 52.8 Å². The predicted molar refractivity (Wildman–Crippen MR) is 95.9 cm³/mol. The zero-order chi connectivity index (χ0) is 18.4. The van der Waals surface area contributed by atoms with E-state index in [0.29, 0.717) is 18.0 Å². The maximum absolute atomic E-state index is 13.7. The Morgan fingerprint density at radius 2 is 1.88 bits per heavy atom. The van der Waals surface area contributed by atoms with Crippen molar-refractivity contribution in [2.24, 2.45) is 0 Å². The van der Waals surface area contributed by atoms with Crippen LogP contribution in [0.4, 0.5) is 10.1 Å². The molecule has 134 valence electrons. The molecule has 25 heavy (non-hydrogen) atoms. The van der Waals surface area contributed by atoms with Crippen molar-refractivity contribution < 1.29 is 18.7 Å². The Kier molecular flexibility index (Phi) is 6.61. The molecular formula is C18H20ClFN2O3. The summed E-state index contributed by atoms with van der Waals surface area (Å²) in [5.41, 5.74) is 1.07. The van der Waals surface area contributed by atoms with Crippen LogP contribution in [0.3, 0.4) is 0 Å². The fraction of sp³-hybridized carbons (Fsp3) is 0.278. The van der Waals surface area contributed by atoms with Gasteiger partial charge in [0.15, 0.2) is 11.5 Å². The number of ether oxygens (including phenoxy) is 2. The van der Waals surface area contributed by atoms with E-state index in [2.05, 4.69) is 5.32 Å². The highest BCUT2D eigenvalue weighted by atomic mass is 35.5. The summed E-state index contributed by atoms with van der Waals surface area (Å²) < 4.78 is 24.2. The Labute approximate surface area is 151 Å². The summed E-state index contributed by atoms with van der Waals surface area (Å²) in [6.07, 6.45) is 0. The molecule has 5 nitrogen and oxygen atoms in total. The summed E-state index contributed by atoms with van der Waals surface area (Å²) in [7, 11) is 4.94. The highest BCUT2D eigenvalue weighted by molar-refractivity contribution is 6.30. The van der Waals surface area contributed by atoms with Gasteiger partial charge < -0.3 is 14.8 Å². The second-order valence-corrected chi connectivity index (χ2v) is 5.97. The topological polar surface area (TPSA) is 50.8 Å². The van der Waals surface area contributed by atoms with Crippen LogP contribution in [0.5, 0.6) is 11.5 Å². The van der Waals surface area contributed by atoms with Crippen molar-refractivity contribution in [1.29, 1.82) is 0 Å². The molecule has 0 atom stereocenters. The molecule has 0 aliphatic carbocycles. The Hall–Kier alpha value is -2.31. The summed E-state index contributed by atoms with van der Waals surface area (Å²) in [5, 5.41) is 2.81. The predicted octanol–water partition coefficient (Wildman–Crippen LogP) is 3.57. The maximum atomic E-state index is 13.7. The highest BCUT2D eigenvalue weighted by Gasteiger charge is 2.12. The van der Waals surface area contributed by atoms with E-state index in [1.165, 1.54) is 12.1 Å². The third-order valence-corrected chi connectivity index (χ3v) is 3.75. The molecule has 0 saturated heterocycles. The van der Waals surface area contributed by atoms with Gasteiger partial charge >= 0.3 is 0 Å². The number of rotatable bonds is 7. The van der Waals surface area contributed by atoms with Crippen LogP contribution >= 0.6 is 11.6 Å². The Balaban J connectivity index is 1.95. The van der Waals surface area contributed by atoms with E-state index in [9.17, 15) is 9.18 Å². The fourth-order valence-corrected chi connectivity index (χ4v) is 2.53. The smallest absolute Gasteiger partial charge is 0.238 e. The highest BCUT2D eigenvalue weighted by Crippen LogP contribution is 2.28. The molecule has 0 aliphatic rings. The number of benzene rings is 2. The average Bonchev–Trinajstić information content (AvgIpc) is 2.57. The van der Waals surface area contributed by atoms with Crippen molar-refractivity contribution in [2.45, 2.75) is 6.54 Å². The fourth-order valence-electron chi connectivity index (χ4n) is 2.37. The van der Waals surface area contributed by atoms with E-state index in [0.717, 1.165) is 11.6 Å². The normalized spacial score (nSPS) is 10.6. The van der Waals surface area contributed by atoms with Crippen LogP contribution in [0.2, 0.25) is 5.02 Å². The van der Waals surface area contributed by atoms with E-state index in [-0.39, 0.29) is 23.2 Å². The van der Waals surface area contributed by atoms with Gasteiger partial charge in [0.05, 0.1) is 26.5 Å². The number of nitrogens with one attached hydrogen (secondary N) is 1. The molecule has 0 fully saturated rings. The molecule has 0 saturated carbocycles. The Morgan fingerprint density at radius 1 is 1.16 bits per heavy atom. The number of amides is 1. The first-order valence-corrected chi connectivity index (χ1v) is 7.95. The largest absolute Gasteiger partial charge is 0.493 e. The van der Waals surface area contributed by atoms with E-state index in [1.54, 1.807) is 21.3 Å². The van der Waals surface area contributed by atoms with Gasteiger partial charge in [-0.05, 0) is 42.9 Å². The number of anilines is 1. The first-order chi connectivity index (χ1) is 11.9. The van der Waals surface area contributed by atoms with Crippen LogP contribution < -0.4 is 14.8 Å². The standard InChI is InChI=1S/C18H20ClFN2O3/c1-22(10-12-4-7-16(24-2)17(8-12)25-3)11-18(23)21-15-6-5-13(19)9-14(15)20/h4-9H,10-11H2,1-3H3,(H,21,23). The van der Waals surface area contributed by atoms with Gasteiger partial charge in [0.25, 0.3) is 0 Å². The molecule has 0 unspecified atom stereocenters. The third-order valence-electron chi connectivity index (χ3n) is 3.52. The number of carbonyl (C=O) groups is 1. The number of hydrogen-bond acceptors (Lipinski definition) is 4. The van der Waals surface area contributed by atoms with Crippen LogP contribution in [0.15, 0.2) is 36.4 Å². The monoisotopic (exact) mass is 366 g/mol. The molecule has 0 spiro atoms. The molecule has 0 bridgehead atoms. The molecule has 7 heteroatoms. The molecule has 0 aliphatic heterocycles. The van der Waals surface area contributed by atoms with Gasteiger partial charge in [0.2, 0.25) is 5.91 Å². The molecule has 0 aromatic heterocycles. The lowest BCUT2D eigenvalue weighted by Crippen LogP contribution is -2.30. The van der Waals surface area contributed by atoms with Crippen molar-refractivity contribution in [2.75, 3.05) is 33.1 Å². The van der Waals surface area contributed by atoms with Gasteiger partial charge in [0, 0.05) is 11.6 Å². The van der Waals surface area contributed by atoms with Gasteiger partial charge in [-0.2, -0.15) is 0 Å². The number of halogens is 2. The van der Waals surface area contributed by atoms with Crippen LogP contribution in [-0.4, -0.2) is 38.6 Å². The number of nitrogens with zero attached hydrogens (tertiary/aromatic N) is 1. The second-order valence-electron chi connectivity index (χ2n) is 5.53. The van der Waals surface area contributed by atoms with Gasteiger partial charge in [-0.15, -0.1) is 0 Å². The van der Waals surface area contributed by atoms with Gasteiger partial charge in [-0.25, -0.2) is 4.39 Å². The van der Waals surface area contributed by atoms with Gasteiger partial charge in [0.1, 0.15) is 5.82 Å². The molecule has 2 aromatic carbocycles. The minimum absolute atomic E-state index is 0.105. The number of likely N-dealkylation sites (N-methyl/N-ethyl adjacent to an activating group) is 1. The van der Waals surface area contributed by atoms with E-state index >= 15 is 0 Å². The SMILES string of the molecule is COc1ccc(CN(C)CC(=O)Nc2ccc(Cl)cc2F)cc1OC. The summed E-state index contributed by atoms with van der Waals surface area (Å²) in [6.45, 7) is 0.632. The minimum Gasteiger partial charge on any atom is -0.493 e. The summed E-state index contributed by atoms with van der Waals surface area (Å²) in [6, 6.07) is 9.67. The van der Waals surface area contributed by atoms with Gasteiger partial charge in [-0.1, -0.05) is 17.7 Å². The lowest BCUT2D eigenvalue weighted by atomic mass is 10.2. The number of methoxy groups -OCH3 is 2. The zero-order valence-corrected chi connectivity index (χ0v) is 15.1. The molecule has 1 amide bonds. The van der Waals surface area contributed by atoms with E-state index in [1.807, 2.05) is 23.1 Å². The minimum atomic E-state index is -0.566. The number of hydrogen-bond donors (Lipinski definition) is 1. The molecule has 0 radical (unpaired) electrons. The molecule has 0 heterocycles. The summed E-state index contributed by atoms with van der Waals surface area (Å²) >= 11 is 5.69. The lowest BCUT2D eigenvalue weighted by Gasteiger charge is -2.17. The molecule has 1 N–H and O–H groups in total. The maximum Gasteiger partial charge on any atom is 0.238 e. The Morgan fingerprint density at radius 3 is 2.52 bits per heavy atom. The summed E-state index contributed by atoms with van der Waals surface area (Å²) in [5.74, 6) is 0.388. The van der Waals surface area contributed by atoms with E-state index < -0.39 is 5.82 Å². The third kappa shape index (κ3) is 5.34. The van der Waals surface area contributed by atoms with Crippen molar-refractivity contribution >= 4 is 23.2 Å². The second kappa shape index (κ2) is 8.69. The van der Waals surface area contributed by atoms with Crippen LogP contribution in [-0.2, 0) is 11.3 Å². The van der Waals surface area contributed by atoms with Crippen molar-refractivity contribution in [3.63, 3.8) is 0 Å². The number of carbonyl (C=O) groups excluding carboxylic acids is 1. The van der Waals surface area contributed by atoms with E-state index in [4.69, 9.17) is 21.1 Å². The van der Waals surface area contributed by atoms with Gasteiger partial charge in [-0.3, -0.25) is 9.69 Å². The summed E-state index contributed by atoms with van der Waals surface area (Å²) in [4.78, 5) is 13.9. The Bertz CT molecular complexity index is 755. The first-order valence-electron chi connectivity index (χ1n) is 7.57. The molecular weight excluding hydrogens is 347 g/mol. The average molecular weight is 367 g/mol. The van der Waals surface area contributed by atoms with Crippen molar-refractivity contribution in [3.8, 4) is 11.5 Å². The lowest BCUT2D eigenvalue weighted by molar-refractivity contribution is -0.117. The van der Waals surface area contributed by atoms with Crippen LogP contribution in [0, 0.1) is 5.82 Å².